The number of nitrogens with one attached hydrogen (secondary N) is 1. The molecule has 15 heavy (non-hydrogen) atoms. The van der Waals surface area contributed by atoms with E-state index in [4.69, 9.17) is 0 Å². The van der Waals surface area contributed by atoms with E-state index in [0.717, 1.165) is 5.92 Å². The molecular weight excluding hydrogens is 270 g/mol. The second-order valence-electron chi connectivity index (χ2n) is 4.15. The van der Waals surface area contributed by atoms with Gasteiger partial charge >= 0.3 is 0 Å². The van der Waals surface area contributed by atoms with Gasteiger partial charge in [-0.3, -0.25) is 0 Å². The molecule has 0 bridgehead atoms. The molecule has 1 N–H and O–H groups in total. The molecule has 0 aromatic carbocycles. The summed E-state index contributed by atoms with van der Waals surface area (Å²) in [5, 5.41) is 5.65. The first kappa shape index (κ1) is 13.2. The summed E-state index contributed by atoms with van der Waals surface area (Å²) in [6.45, 7) is 4.60. The molecule has 86 valence electrons. The Labute approximate surface area is 105 Å². The summed E-state index contributed by atoms with van der Waals surface area (Å²) < 4.78 is 1.22. The summed E-state index contributed by atoms with van der Waals surface area (Å²) in [5.74, 6) is 0.797. The summed E-state index contributed by atoms with van der Waals surface area (Å²) in [7, 11) is 2.05. The Morgan fingerprint density at radius 3 is 2.73 bits per heavy atom. The molecule has 3 heteroatoms. The van der Waals surface area contributed by atoms with Gasteiger partial charge in [-0.25, -0.2) is 0 Å². The van der Waals surface area contributed by atoms with Crippen molar-refractivity contribution in [3.05, 3.63) is 20.8 Å². The Balaban J connectivity index is 2.56. The molecule has 2 unspecified atom stereocenters. The Morgan fingerprint density at radius 1 is 1.53 bits per heavy atom. The molecule has 1 aromatic rings. The average molecular weight is 290 g/mol. The smallest absolute Gasteiger partial charge is 0.0701 e. The zero-order valence-corrected chi connectivity index (χ0v) is 12.1. The predicted molar refractivity (Wildman–Crippen MR) is 72.5 cm³/mol. The van der Waals surface area contributed by atoms with Gasteiger partial charge in [-0.2, -0.15) is 0 Å². The Kier molecular flexibility index (Phi) is 5.87. The normalized spacial score (nSPS) is 15.2. The zero-order valence-electron chi connectivity index (χ0n) is 9.72. The lowest BCUT2D eigenvalue weighted by atomic mass is 9.94. The van der Waals surface area contributed by atoms with Gasteiger partial charge in [0.25, 0.3) is 0 Å². The first-order valence-corrected chi connectivity index (χ1v) is 7.25. The van der Waals surface area contributed by atoms with Gasteiger partial charge < -0.3 is 5.32 Å². The fourth-order valence-electron chi connectivity index (χ4n) is 1.94. The van der Waals surface area contributed by atoms with E-state index in [1.807, 2.05) is 0 Å². The number of halogens is 1. The fraction of sp³-hybridized carbons (Fsp3) is 0.667. The highest BCUT2D eigenvalue weighted by Crippen LogP contribution is 2.29. The highest BCUT2D eigenvalue weighted by Gasteiger charge is 2.14. The van der Waals surface area contributed by atoms with Crippen LogP contribution >= 0.6 is 27.3 Å². The third kappa shape index (κ3) is 4.25. The zero-order chi connectivity index (χ0) is 11.3. The van der Waals surface area contributed by atoms with Crippen LogP contribution in [0.3, 0.4) is 0 Å². The summed E-state index contributed by atoms with van der Waals surface area (Å²) in [5.41, 5.74) is 1.41. The number of hydrogen-bond acceptors (Lipinski definition) is 2. The van der Waals surface area contributed by atoms with E-state index >= 15 is 0 Å². The van der Waals surface area contributed by atoms with Gasteiger partial charge in [-0.1, -0.05) is 26.7 Å². The van der Waals surface area contributed by atoms with E-state index in [-0.39, 0.29) is 0 Å². The van der Waals surface area contributed by atoms with E-state index < -0.39 is 0 Å². The minimum Gasteiger partial charge on any atom is -0.313 e. The van der Waals surface area contributed by atoms with Crippen molar-refractivity contribution in [1.82, 2.24) is 5.32 Å². The van der Waals surface area contributed by atoms with Crippen LogP contribution in [0.25, 0.3) is 0 Å². The van der Waals surface area contributed by atoms with Crippen molar-refractivity contribution in [3.63, 3.8) is 0 Å². The van der Waals surface area contributed by atoms with Gasteiger partial charge in [0.05, 0.1) is 3.79 Å². The monoisotopic (exact) mass is 289 g/mol. The Bertz CT molecular complexity index is 285. The van der Waals surface area contributed by atoms with Crippen LogP contribution in [0.4, 0.5) is 0 Å². The minimum absolute atomic E-state index is 0.508. The Hall–Kier alpha value is 0.140. The van der Waals surface area contributed by atoms with E-state index in [2.05, 4.69) is 53.6 Å². The van der Waals surface area contributed by atoms with Crippen molar-refractivity contribution >= 4 is 27.3 Å². The van der Waals surface area contributed by atoms with Crippen molar-refractivity contribution in [3.8, 4) is 0 Å². The van der Waals surface area contributed by atoms with E-state index in [9.17, 15) is 0 Å². The first-order chi connectivity index (χ1) is 7.17. The lowest BCUT2D eigenvalue weighted by Crippen LogP contribution is -2.18. The first-order valence-electron chi connectivity index (χ1n) is 5.58. The van der Waals surface area contributed by atoms with Gasteiger partial charge in [0.1, 0.15) is 0 Å². The molecule has 0 saturated heterocycles. The topological polar surface area (TPSA) is 12.0 Å². The van der Waals surface area contributed by atoms with Crippen LogP contribution in [-0.4, -0.2) is 7.05 Å². The van der Waals surface area contributed by atoms with Gasteiger partial charge in [-0.15, -0.1) is 11.3 Å². The molecule has 0 spiro atoms. The summed E-state index contributed by atoms with van der Waals surface area (Å²) in [6, 6.07) is 2.74. The molecule has 0 amide bonds. The summed E-state index contributed by atoms with van der Waals surface area (Å²) in [4.78, 5) is 0. The molecule has 0 aliphatic carbocycles. The standard InChI is InChI=1S/C12H20BrNS/c1-4-5-9(2)6-11(14-3)10-7-12(13)15-8-10/h7-9,11,14H,4-6H2,1-3H3. The minimum atomic E-state index is 0.508. The van der Waals surface area contributed by atoms with Crippen LogP contribution in [0.1, 0.15) is 44.7 Å². The molecule has 0 fully saturated rings. The summed E-state index contributed by atoms with van der Waals surface area (Å²) in [6.07, 6.45) is 3.84. The van der Waals surface area contributed by atoms with Crippen LogP contribution < -0.4 is 5.32 Å². The van der Waals surface area contributed by atoms with Crippen LogP contribution in [0.15, 0.2) is 15.2 Å². The second kappa shape index (κ2) is 6.66. The quantitative estimate of drug-likeness (QED) is 0.807. The van der Waals surface area contributed by atoms with Crippen LogP contribution in [0.2, 0.25) is 0 Å². The molecule has 0 aliphatic heterocycles. The van der Waals surface area contributed by atoms with Crippen molar-refractivity contribution in [1.29, 1.82) is 0 Å². The Morgan fingerprint density at radius 2 is 2.27 bits per heavy atom. The molecule has 1 aromatic heterocycles. The molecular formula is C12H20BrNS. The van der Waals surface area contributed by atoms with Crippen molar-refractivity contribution in [2.24, 2.45) is 5.92 Å². The predicted octanol–water partition coefficient (Wildman–Crippen LogP) is 4.60. The maximum absolute atomic E-state index is 3.52. The van der Waals surface area contributed by atoms with Crippen molar-refractivity contribution < 1.29 is 0 Å². The molecule has 0 saturated carbocycles. The van der Waals surface area contributed by atoms with Crippen LogP contribution in [-0.2, 0) is 0 Å². The lowest BCUT2D eigenvalue weighted by molar-refractivity contribution is 0.407. The highest BCUT2D eigenvalue weighted by molar-refractivity contribution is 9.11. The summed E-state index contributed by atoms with van der Waals surface area (Å²) >= 11 is 5.28. The van der Waals surface area contributed by atoms with E-state index in [1.165, 1.54) is 28.6 Å². The molecule has 1 nitrogen and oxygen atoms in total. The number of thiophene rings is 1. The molecule has 0 radical (unpaired) electrons. The average Bonchev–Trinajstić information content (AvgIpc) is 2.61. The van der Waals surface area contributed by atoms with Crippen molar-refractivity contribution in [2.45, 2.75) is 39.2 Å². The molecule has 1 heterocycles. The van der Waals surface area contributed by atoms with E-state index in [0.29, 0.717) is 6.04 Å². The maximum atomic E-state index is 3.52. The number of hydrogen-bond donors (Lipinski definition) is 1. The fourth-order valence-corrected chi connectivity index (χ4v) is 3.17. The van der Waals surface area contributed by atoms with Crippen LogP contribution in [0, 0.1) is 5.92 Å². The van der Waals surface area contributed by atoms with Gasteiger partial charge in [-0.05, 0) is 52.3 Å². The van der Waals surface area contributed by atoms with Gasteiger partial charge in [0.15, 0.2) is 0 Å². The van der Waals surface area contributed by atoms with E-state index in [1.54, 1.807) is 11.3 Å². The van der Waals surface area contributed by atoms with Crippen molar-refractivity contribution in [2.75, 3.05) is 7.05 Å². The van der Waals surface area contributed by atoms with Gasteiger partial charge in [0, 0.05) is 6.04 Å². The third-order valence-corrected chi connectivity index (χ3v) is 4.28. The SMILES string of the molecule is CCCC(C)CC(NC)c1csc(Br)c1. The largest absolute Gasteiger partial charge is 0.313 e. The van der Waals surface area contributed by atoms with Crippen LogP contribution in [0.5, 0.6) is 0 Å². The number of rotatable bonds is 6. The molecule has 0 aliphatic rings. The lowest BCUT2D eigenvalue weighted by Gasteiger charge is -2.19. The maximum Gasteiger partial charge on any atom is 0.0701 e. The highest BCUT2D eigenvalue weighted by atomic mass is 79.9. The van der Waals surface area contributed by atoms with Gasteiger partial charge in [0.2, 0.25) is 0 Å². The second-order valence-corrected chi connectivity index (χ2v) is 6.45. The third-order valence-electron chi connectivity index (χ3n) is 2.76. The molecule has 2 atom stereocenters. The molecule has 1 rings (SSSR count).